The van der Waals surface area contributed by atoms with E-state index in [0.717, 1.165) is 17.9 Å². The molecule has 0 aromatic rings. The average molecular weight is 229 g/mol. The lowest BCUT2D eigenvalue weighted by molar-refractivity contribution is -0.130. The number of Topliss-reactive ketones (excluding diaryl/α,β-unsaturated/α-hetero) is 1. The second kappa shape index (κ2) is 5.01. The van der Waals surface area contributed by atoms with E-state index in [2.05, 4.69) is 5.32 Å². The molecular weight excluding hydrogens is 210 g/mol. The normalized spacial score (nSPS) is 21.4. The van der Waals surface area contributed by atoms with E-state index in [1.165, 1.54) is 0 Å². The van der Waals surface area contributed by atoms with E-state index < -0.39 is 0 Å². The minimum Gasteiger partial charge on any atom is -0.349 e. The van der Waals surface area contributed by atoms with Crippen LogP contribution < -0.4 is 5.32 Å². The summed E-state index contributed by atoms with van der Waals surface area (Å²) in [5, 5.41) is 2.73. The summed E-state index contributed by atoms with van der Waals surface area (Å²) in [6.45, 7) is 5.77. The number of ketones is 1. The highest BCUT2D eigenvalue weighted by Crippen LogP contribution is 2.23. The van der Waals surface area contributed by atoms with Gasteiger partial charge in [0, 0.05) is 17.1 Å². The third-order valence-corrected chi connectivity index (χ3v) is 3.72. The highest BCUT2D eigenvalue weighted by atomic mass is 32.2. The van der Waals surface area contributed by atoms with Gasteiger partial charge in [-0.3, -0.25) is 9.59 Å². The van der Waals surface area contributed by atoms with E-state index in [0.29, 0.717) is 0 Å². The molecule has 1 saturated heterocycles. The first-order valence-corrected chi connectivity index (χ1v) is 6.45. The predicted octanol–water partition coefficient (Wildman–Crippen LogP) is 1.47. The maximum atomic E-state index is 11.6. The Bertz CT molecular complexity index is 252. The molecule has 1 heterocycles. The van der Waals surface area contributed by atoms with Crippen molar-refractivity contribution in [3.8, 4) is 0 Å². The Hall–Kier alpha value is -0.510. The van der Waals surface area contributed by atoms with Crippen LogP contribution in [0.4, 0.5) is 0 Å². The van der Waals surface area contributed by atoms with E-state index in [-0.39, 0.29) is 29.6 Å². The lowest BCUT2D eigenvalue weighted by Crippen LogP contribution is -2.38. The van der Waals surface area contributed by atoms with Gasteiger partial charge in [0.25, 0.3) is 0 Å². The number of carbonyl (C=O) groups is 2. The van der Waals surface area contributed by atoms with Gasteiger partial charge in [0.2, 0.25) is 5.91 Å². The fourth-order valence-electron chi connectivity index (χ4n) is 1.32. The van der Waals surface area contributed by atoms with E-state index >= 15 is 0 Å². The summed E-state index contributed by atoms with van der Waals surface area (Å²) in [5.74, 6) is 2.20. The van der Waals surface area contributed by atoms with Crippen LogP contribution in [0.2, 0.25) is 0 Å². The fourth-order valence-corrected chi connectivity index (χ4v) is 2.54. The van der Waals surface area contributed by atoms with Gasteiger partial charge in [-0.1, -0.05) is 20.8 Å². The van der Waals surface area contributed by atoms with Crippen molar-refractivity contribution in [3.05, 3.63) is 0 Å². The minimum absolute atomic E-state index is 0.0394. The predicted molar refractivity (Wildman–Crippen MR) is 62.9 cm³/mol. The standard InChI is InChI=1S/C11H19NO2S/c1-11(2,3)9(13)6-12-10(14)8-4-5-15-7-8/h8H,4-7H2,1-3H3,(H,12,14). The van der Waals surface area contributed by atoms with Gasteiger partial charge in [-0.15, -0.1) is 0 Å². The van der Waals surface area contributed by atoms with Crippen molar-refractivity contribution in [1.29, 1.82) is 0 Å². The molecule has 0 radical (unpaired) electrons. The highest BCUT2D eigenvalue weighted by molar-refractivity contribution is 7.99. The van der Waals surface area contributed by atoms with Gasteiger partial charge in [-0.25, -0.2) is 0 Å². The molecule has 86 valence electrons. The van der Waals surface area contributed by atoms with Crippen LogP contribution in [0.15, 0.2) is 0 Å². The van der Waals surface area contributed by atoms with Crippen LogP contribution in [0, 0.1) is 11.3 Å². The maximum absolute atomic E-state index is 11.6. The topological polar surface area (TPSA) is 46.2 Å². The number of rotatable bonds is 3. The quantitative estimate of drug-likeness (QED) is 0.797. The van der Waals surface area contributed by atoms with Gasteiger partial charge in [0.05, 0.1) is 6.54 Å². The summed E-state index contributed by atoms with van der Waals surface area (Å²) in [6, 6.07) is 0. The molecule has 0 aromatic heterocycles. The second-order valence-corrected chi connectivity index (χ2v) is 6.10. The molecule has 1 amide bonds. The van der Waals surface area contributed by atoms with Crippen LogP contribution in [-0.4, -0.2) is 29.7 Å². The highest BCUT2D eigenvalue weighted by Gasteiger charge is 2.25. The van der Waals surface area contributed by atoms with Crippen LogP contribution >= 0.6 is 11.8 Å². The Kier molecular flexibility index (Phi) is 4.20. The average Bonchev–Trinajstić information content (AvgIpc) is 2.64. The molecule has 0 spiro atoms. The monoisotopic (exact) mass is 229 g/mol. The van der Waals surface area contributed by atoms with Crippen LogP contribution in [0.1, 0.15) is 27.2 Å². The summed E-state index contributed by atoms with van der Waals surface area (Å²) in [7, 11) is 0. The molecule has 1 aliphatic rings. The molecule has 0 bridgehead atoms. The van der Waals surface area contributed by atoms with Gasteiger partial charge >= 0.3 is 0 Å². The van der Waals surface area contributed by atoms with E-state index in [1.807, 2.05) is 20.8 Å². The molecule has 1 fully saturated rings. The summed E-state index contributed by atoms with van der Waals surface area (Å²) in [5.41, 5.74) is -0.363. The first-order chi connectivity index (χ1) is 6.91. The first kappa shape index (κ1) is 12.6. The van der Waals surface area contributed by atoms with Crippen molar-refractivity contribution in [2.45, 2.75) is 27.2 Å². The van der Waals surface area contributed by atoms with Gasteiger partial charge in [0.15, 0.2) is 5.78 Å². The summed E-state index contributed by atoms with van der Waals surface area (Å²) < 4.78 is 0. The van der Waals surface area contributed by atoms with E-state index in [1.54, 1.807) is 11.8 Å². The minimum atomic E-state index is -0.363. The molecule has 15 heavy (non-hydrogen) atoms. The number of thioether (sulfide) groups is 1. The second-order valence-electron chi connectivity index (χ2n) is 4.95. The van der Waals surface area contributed by atoms with Crippen molar-refractivity contribution in [2.75, 3.05) is 18.1 Å². The van der Waals surface area contributed by atoms with Crippen molar-refractivity contribution < 1.29 is 9.59 Å². The Labute approximate surface area is 95.4 Å². The van der Waals surface area contributed by atoms with E-state index in [4.69, 9.17) is 0 Å². The summed E-state index contributed by atoms with van der Waals surface area (Å²) in [4.78, 5) is 23.2. The van der Waals surface area contributed by atoms with Crippen LogP contribution in [-0.2, 0) is 9.59 Å². The molecule has 4 heteroatoms. The van der Waals surface area contributed by atoms with Gasteiger partial charge in [-0.05, 0) is 12.2 Å². The zero-order chi connectivity index (χ0) is 11.5. The molecule has 0 saturated carbocycles. The molecule has 0 aliphatic carbocycles. The van der Waals surface area contributed by atoms with Crippen molar-refractivity contribution >= 4 is 23.5 Å². The number of nitrogens with one attached hydrogen (secondary N) is 1. The molecule has 1 unspecified atom stereocenters. The van der Waals surface area contributed by atoms with E-state index in [9.17, 15) is 9.59 Å². The molecule has 1 N–H and O–H groups in total. The SMILES string of the molecule is CC(C)(C)C(=O)CNC(=O)C1CCSC1. The van der Waals surface area contributed by atoms with Crippen molar-refractivity contribution in [1.82, 2.24) is 5.32 Å². The molecule has 0 aromatic carbocycles. The molecule has 3 nitrogen and oxygen atoms in total. The van der Waals surface area contributed by atoms with Crippen LogP contribution in [0.3, 0.4) is 0 Å². The van der Waals surface area contributed by atoms with Gasteiger partial charge < -0.3 is 5.32 Å². The number of hydrogen-bond donors (Lipinski definition) is 1. The zero-order valence-corrected chi connectivity index (χ0v) is 10.4. The number of amides is 1. The van der Waals surface area contributed by atoms with Crippen LogP contribution in [0.5, 0.6) is 0 Å². The zero-order valence-electron chi connectivity index (χ0n) is 9.63. The molecule has 1 aliphatic heterocycles. The smallest absolute Gasteiger partial charge is 0.224 e. The molecular formula is C11H19NO2S. The van der Waals surface area contributed by atoms with Crippen molar-refractivity contribution in [2.24, 2.45) is 11.3 Å². The lowest BCUT2D eigenvalue weighted by Gasteiger charge is -2.17. The van der Waals surface area contributed by atoms with Gasteiger partial charge in [-0.2, -0.15) is 11.8 Å². The lowest BCUT2D eigenvalue weighted by atomic mass is 9.91. The Morgan fingerprint density at radius 2 is 2.07 bits per heavy atom. The molecule has 1 atom stereocenters. The summed E-state index contributed by atoms with van der Waals surface area (Å²) >= 11 is 1.80. The van der Waals surface area contributed by atoms with Crippen LogP contribution in [0.25, 0.3) is 0 Å². The Balaban J connectivity index is 2.30. The fraction of sp³-hybridized carbons (Fsp3) is 0.818. The Morgan fingerprint density at radius 1 is 1.40 bits per heavy atom. The maximum Gasteiger partial charge on any atom is 0.224 e. The third-order valence-electron chi connectivity index (χ3n) is 2.56. The molecule has 1 rings (SSSR count). The summed E-state index contributed by atoms with van der Waals surface area (Å²) in [6.07, 6.45) is 0.945. The number of hydrogen-bond acceptors (Lipinski definition) is 3. The first-order valence-electron chi connectivity index (χ1n) is 5.30. The Morgan fingerprint density at radius 3 is 2.53 bits per heavy atom. The number of carbonyl (C=O) groups excluding carboxylic acids is 2. The van der Waals surface area contributed by atoms with Crippen molar-refractivity contribution in [3.63, 3.8) is 0 Å². The third kappa shape index (κ3) is 3.86. The largest absolute Gasteiger partial charge is 0.349 e. The van der Waals surface area contributed by atoms with Gasteiger partial charge in [0.1, 0.15) is 0 Å².